The fraction of sp³-hybridized carbons (Fsp3) is 0.211. The van der Waals surface area contributed by atoms with Gasteiger partial charge in [0.05, 0.1) is 12.4 Å². The van der Waals surface area contributed by atoms with Gasteiger partial charge in [-0.05, 0) is 31.2 Å². The highest BCUT2D eigenvalue weighted by Gasteiger charge is 2.20. The number of benzene rings is 2. The summed E-state index contributed by atoms with van der Waals surface area (Å²) in [5, 5.41) is 8.96. The van der Waals surface area contributed by atoms with E-state index in [0.717, 1.165) is 21.6 Å². The van der Waals surface area contributed by atoms with Gasteiger partial charge in [-0.1, -0.05) is 52.0 Å². The van der Waals surface area contributed by atoms with Gasteiger partial charge in [0.25, 0.3) is 0 Å². The lowest BCUT2D eigenvalue weighted by molar-refractivity contribution is 0.0994. The largest absolute Gasteiger partial charge is 0.497 e. The van der Waals surface area contributed by atoms with E-state index in [4.69, 9.17) is 4.74 Å². The molecule has 0 aliphatic heterocycles. The van der Waals surface area contributed by atoms with Gasteiger partial charge in [0, 0.05) is 22.6 Å². The predicted molar refractivity (Wildman–Crippen MR) is 107 cm³/mol. The third kappa shape index (κ3) is 3.99. The Balaban J connectivity index is 1.79. The molecule has 0 fully saturated rings. The Kier molecular flexibility index (Phi) is 5.78. The summed E-state index contributed by atoms with van der Waals surface area (Å²) < 4.78 is 8.11. The number of Topliss-reactive ketones (excluding diaryl/α,β-unsaturated/α-hetero) is 1. The molecule has 0 aliphatic rings. The van der Waals surface area contributed by atoms with E-state index in [-0.39, 0.29) is 11.0 Å². The lowest BCUT2D eigenvalue weighted by Gasteiger charge is -2.10. The molecule has 7 heteroatoms. The van der Waals surface area contributed by atoms with E-state index in [1.807, 2.05) is 67.1 Å². The zero-order valence-corrected chi connectivity index (χ0v) is 17.0. The molecule has 1 heterocycles. The molecule has 3 rings (SSSR count). The number of ketones is 1. The molecular formula is C19H18BrN3O2S. The zero-order valence-electron chi connectivity index (χ0n) is 14.6. The molecule has 2 aromatic carbocycles. The molecule has 1 unspecified atom stereocenters. The van der Waals surface area contributed by atoms with Crippen LogP contribution >= 0.6 is 27.7 Å². The molecule has 0 bridgehead atoms. The summed E-state index contributed by atoms with van der Waals surface area (Å²) in [7, 11) is 3.53. The van der Waals surface area contributed by atoms with Gasteiger partial charge in [0.1, 0.15) is 5.75 Å². The summed E-state index contributed by atoms with van der Waals surface area (Å²) in [6.07, 6.45) is 0. The highest BCUT2D eigenvalue weighted by molar-refractivity contribution is 9.10. The maximum absolute atomic E-state index is 12.6. The van der Waals surface area contributed by atoms with Crippen molar-refractivity contribution in [2.24, 2.45) is 7.05 Å². The molecule has 3 aromatic rings. The van der Waals surface area contributed by atoms with E-state index in [1.165, 1.54) is 11.8 Å². The number of hydrogen-bond donors (Lipinski definition) is 0. The summed E-state index contributed by atoms with van der Waals surface area (Å²) in [5.74, 6) is 1.56. The minimum Gasteiger partial charge on any atom is -0.497 e. The molecule has 0 saturated heterocycles. The van der Waals surface area contributed by atoms with Gasteiger partial charge in [0.2, 0.25) is 0 Å². The zero-order chi connectivity index (χ0) is 18.7. The number of methoxy groups -OCH3 is 1. The first-order valence-corrected chi connectivity index (χ1v) is 9.67. The van der Waals surface area contributed by atoms with Crippen LogP contribution in [0.3, 0.4) is 0 Å². The number of thioether (sulfide) groups is 1. The van der Waals surface area contributed by atoms with Crippen LogP contribution in [0.2, 0.25) is 0 Å². The third-order valence-electron chi connectivity index (χ3n) is 3.94. The van der Waals surface area contributed by atoms with Crippen LogP contribution in [0.4, 0.5) is 0 Å². The number of hydrogen-bond acceptors (Lipinski definition) is 5. The molecule has 0 N–H and O–H groups in total. The Morgan fingerprint density at radius 1 is 1.19 bits per heavy atom. The number of rotatable bonds is 6. The Labute approximate surface area is 164 Å². The van der Waals surface area contributed by atoms with Gasteiger partial charge < -0.3 is 9.30 Å². The first-order valence-electron chi connectivity index (χ1n) is 8.00. The molecule has 0 saturated carbocycles. The minimum absolute atomic E-state index is 0.0634. The number of carbonyl (C=O) groups is 1. The number of aromatic nitrogens is 3. The van der Waals surface area contributed by atoms with Crippen molar-refractivity contribution in [3.63, 3.8) is 0 Å². The van der Waals surface area contributed by atoms with E-state index in [2.05, 4.69) is 26.1 Å². The second-order valence-electron chi connectivity index (χ2n) is 5.73. The van der Waals surface area contributed by atoms with E-state index in [9.17, 15) is 4.79 Å². The van der Waals surface area contributed by atoms with Crippen LogP contribution in [0, 0.1) is 0 Å². The number of carbonyl (C=O) groups excluding carboxylic acids is 1. The van der Waals surface area contributed by atoms with Crippen molar-refractivity contribution in [1.82, 2.24) is 14.8 Å². The average Bonchev–Trinajstić information content (AvgIpc) is 3.02. The van der Waals surface area contributed by atoms with E-state index >= 15 is 0 Å². The average molecular weight is 432 g/mol. The third-order valence-corrected chi connectivity index (χ3v) is 5.61. The van der Waals surface area contributed by atoms with Crippen LogP contribution in [0.25, 0.3) is 11.4 Å². The van der Waals surface area contributed by atoms with Crippen molar-refractivity contribution in [2.75, 3.05) is 7.11 Å². The maximum Gasteiger partial charge on any atom is 0.191 e. The van der Waals surface area contributed by atoms with Crippen molar-refractivity contribution in [2.45, 2.75) is 17.3 Å². The van der Waals surface area contributed by atoms with Gasteiger partial charge in [0.15, 0.2) is 16.8 Å². The molecule has 0 radical (unpaired) electrons. The number of ether oxygens (including phenoxy) is 1. The Morgan fingerprint density at radius 3 is 2.62 bits per heavy atom. The fourth-order valence-corrected chi connectivity index (χ4v) is 3.65. The van der Waals surface area contributed by atoms with Gasteiger partial charge in [-0.2, -0.15) is 0 Å². The highest BCUT2D eigenvalue weighted by atomic mass is 79.9. The first kappa shape index (κ1) is 18.7. The van der Waals surface area contributed by atoms with E-state index in [1.54, 1.807) is 7.11 Å². The van der Waals surface area contributed by atoms with Crippen molar-refractivity contribution in [3.8, 4) is 17.1 Å². The lowest BCUT2D eigenvalue weighted by Crippen LogP contribution is -2.14. The van der Waals surface area contributed by atoms with E-state index < -0.39 is 0 Å². The van der Waals surface area contributed by atoms with Crippen LogP contribution in [-0.4, -0.2) is 32.9 Å². The monoisotopic (exact) mass is 431 g/mol. The van der Waals surface area contributed by atoms with Gasteiger partial charge >= 0.3 is 0 Å². The van der Waals surface area contributed by atoms with Crippen molar-refractivity contribution in [1.29, 1.82) is 0 Å². The Bertz CT molecular complexity index is 925. The molecule has 0 amide bonds. The molecular weight excluding hydrogens is 414 g/mol. The molecule has 0 aliphatic carbocycles. The van der Waals surface area contributed by atoms with Crippen LogP contribution < -0.4 is 4.74 Å². The normalized spacial score (nSPS) is 12.0. The minimum atomic E-state index is -0.266. The molecule has 1 atom stereocenters. The van der Waals surface area contributed by atoms with Crippen LogP contribution in [-0.2, 0) is 7.05 Å². The highest BCUT2D eigenvalue weighted by Crippen LogP contribution is 2.28. The van der Waals surface area contributed by atoms with Crippen molar-refractivity contribution in [3.05, 3.63) is 58.6 Å². The van der Waals surface area contributed by atoms with Crippen molar-refractivity contribution < 1.29 is 9.53 Å². The summed E-state index contributed by atoms with van der Waals surface area (Å²) in [4.78, 5) is 12.6. The predicted octanol–water partition coefficient (Wildman–Crippen LogP) is 4.62. The number of halogens is 1. The summed E-state index contributed by atoms with van der Waals surface area (Å²) in [5.41, 5.74) is 1.60. The Morgan fingerprint density at radius 2 is 1.92 bits per heavy atom. The molecule has 5 nitrogen and oxygen atoms in total. The van der Waals surface area contributed by atoms with Crippen LogP contribution in [0.15, 0.2) is 58.2 Å². The second kappa shape index (κ2) is 8.05. The molecule has 1 aromatic heterocycles. The number of nitrogens with zero attached hydrogens (tertiary/aromatic N) is 3. The first-order chi connectivity index (χ1) is 12.5. The smallest absolute Gasteiger partial charge is 0.191 e. The van der Waals surface area contributed by atoms with Crippen LogP contribution in [0.1, 0.15) is 17.3 Å². The summed E-state index contributed by atoms with van der Waals surface area (Å²) in [6.45, 7) is 1.88. The SMILES string of the molecule is COc1cccc(-c2nnc(SC(C)C(=O)c3ccc(Br)cc3)n2C)c1. The van der Waals surface area contributed by atoms with Gasteiger partial charge in [-0.15, -0.1) is 10.2 Å². The van der Waals surface area contributed by atoms with Gasteiger partial charge in [-0.3, -0.25) is 4.79 Å². The maximum atomic E-state index is 12.6. The standard InChI is InChI=1S/C19H18BrN3O2S/c1-12(17(24)13-7-9-15(20)10-8-13)26-19-22-21-18(23(19)2)14-5-4-6-16(11-14)25-3/h4-12H,1-3H3. The van der Waals surface area contributed by atoms with Crippen molar-refractivity contribution >= 4 is 33.5 Å². The topological polar surface area (TPSA) is 57.0 Å². The lowest BCUT2D eigenvalue weighted by atomic mass is 10.1. The summed E-state index contributed by atoms with van der Waals surface area (Å²) in [6, 6.07) is 15.0. The van der Waals surface area contributed by atoms with Crippen LogP contribution in [0.5, 0.6) is 5.75 Å². The van der Waals surface area contributed by atoms with Gasteiger partial charge in [-0.25, -0.2) is 0 Å². The van der Waals surface area contributed by atoms with E-state index in [0.29, 0.717) is 10.7 Å². The molecule has 26 heavy (non-hydrogen) atoms. The quantitative estimate of drug-likeness (QED) is 0.421. The Hall–Kier alpha value is -2.12. The fourth-order valence-electron chi connectivity index (χ4n) is 2.49. The second-order valence-corrected chi connectivity index (χ2v) is 7.95. The molecule has 0 spiro atoms. The molecule has 134 valence electrons. The summed E-state index contributed by atoms with van der Waals surface area (Å²) >= 11 is 4.78.